The number of nitrogens with zero attached hydrogens (tertiary/aromatic N) is 4. The van der Waals surface area contributed by atoms with E-state index in [1.807, 2.05) is 35.0 Å². The van der Waals surface area contributed by atoms with Crippen LogP contribution in [0.2, 0.25) is 0 Å². The first-order valence-corrected chi connectivity index (χ1v) is 27.9. The minimum Gasteiger partial charge on any atom is -0.509 e. The summed E-state index contributed by atoms with van der Waals surface area (Å²) in [5.41, 5.74) is 17.5. The molecule has 1 aliphatic carbocycles. The zero-order valence-electron chi connectivity index (χ0n) is 52.4. The summed E-state index contributed by atoms with van der Waals surface area (Å²) in [5, 5.41) is 0.997. The molecule has 0 unspecified atom stereocenters. The first-order chi connectivity index (χ1) is 39.2. The van der Waals surface area contributed by atoms with E-state index in [1.165, 1.54) is 27.8 Å². The predicted octanol–water partition coefficient (Wildman–Crippen LogP) is 20.2. The maximum atomic E-state index is 9.33. The van der Waals surface area contributed by atoms with E-state index in [2.05, 4.69) is 234 Å². The molecule has 80 heavy (non-hydrogen) atoms. The van der Waals surface area contributed by atoms with Crippen molar-refractivity contribution in [1.82, 2.24) is 9.55 Å². The molecule has 5 nitrogen and oxygen atoms in total. The van der Waals surface area contributed by atoms with Crippen LogP contribution in [0.4, 0.5) is 22.7 Å². The predicted molar refractivity (Wildman–Crippen MR) is 332 cm³/mol. The summed E-state index contributed by atoms with van der Waals surface area (Å²) >= 11 is 0. The van der Waals surface area contributed by atoms with Crippen LogP contribution in [-0.2, 0) is 48.1 Å². The van der Waals surface area contributed by atoms with Gasteiger partial charge >= 0.3 is 0 Å². The maximum Gasteiger partial charge on any atom is 0.135 e. The molecule has 0 radical (unpaired) electrons. The molecule has 0 saturated carbocycles. The molecule has 10 aromatic rings. The molecule has 12 rings (SSSR count). The molecule has 0 saturated heterocycles. The van der Waals surface area contributed by atoms with Crippen molar-refractivity contribution < 1.29 is 31.3 Å². The van der Waals surface area contributed by atoms with Gasteiger partial charge in [0.05, 0.1) is 5.48 Å². The molecule has 6 heteroatoms. The van der Waals surface area contributed by atoms with Crippen LogP contribution in [0, 0.1) is 18.8 Å². The molecule has 3 heterocycles. The van der Waals surface area contributed by atoms with Crippen molar-refractivity contribution in [2.45, 2.75) is 130 Å². The minimum atomic E-state index is -0.322. The fraction of sp³-hybridized carbons (Fsp3) is 0.270. The van der Waals surface area contributed by atoms with Gasteiger partial charge in [0, 0.05) is 78.0 Å². The second-order valence-corrected chi connectivity index (χ2v) is 26.2. The average Bonchev–Trinajstić information content (AvgIpc) is 1.78. The summed E-state index contributed by atoms with van der Waals surface area (Å²) in [4.78, 5) is 9.63. The Labute approximate surface area is 495 Å². The Morgan fingerprint density at radius 2 is 1.18 bits per heavy atom. The molecule has 2 aromatic heterocycles. The van der Waals surface area contributed by atoms with Crippen LogP contribution in [0.15, 0.2) is 176 Å². The summed E-state index contributed by atoms with van der Waals surface area (Å²) in [6.07, 6.45) is 4.17. The number of anilines is 4. The zero-order valence-corrected chi connectivity index (χ0v) is 50.7. The Morgan fingerprint density at radius 3 is 1.88 bits per heavy atom. The standard InChI is InChI=1S/C74H73N4O.Pt/c1-70(2,3)51-34-31-48(32-35-51)60-46-75-68(45-62(60)72(7,8)9)78-64-28-15-14-25-58(64)59-37-36-55(44-67(59)78)79-54-24-19-23-53(43-54)76-47-77(66-30-17-16-29-65(66)76)69-56(49-21-18-22-52(41-49)71(4,5)6)26-20-27-57(69)50-33-38-61-63(42-50)74(12,13)40-39-73(61,10)11;/h14-38,41-42,45-47H,39-40H2,1-13H3;/q-3;/i14D,15D,25D,28D;. The van der Waals surface area contributed by atoms with E-state index in [4.69, 9.17) is 12.5 Å². The molecular weight excluding hydrogens is 1160 g/mol. The van der Waals surface area contributed by atoms with Crippen LogP contribution in [0.1, 0.15) is 136 Å². The largest absolute Gasteiger partial charge is 0.509 e. The van der Waals surface area contributed by atoms with Crippen molar-refractivity contribution in [3.05, 3.63) is 223 Å². The van der Waals surface area contributed by atoms with Gasteiger partial charge in [0.2, 0.25) is 0 Å². The van der Waals surface area contributed by atoms with Gasteiger partial charge in [0.1, 0.15) is 5.82 Å². The van der Waals surface area contributed by atoms with Crippen LogP contribution in [0.25, 0.3) is 61.0 Å². The van der Waals surface area contributed by atoms with Gasteiger partial charge in [-0.1, -0.05) is 211 Å². The number of hydrogen-bond acceptors (Lipinski definition) is 4. The topological polar surface area (TPSA) is 33.5 Å². The quantitative estimate of drug-likeness (QED) is 0.142. The Kier molecular flexibility index (Phi) is 12.5. The third kappa shape index (κ3) is 9.88. The third-order valence-electron chi connectivity index (χ3n) is 16.6. The van der Waals surface area contributed by atoms with Crippen molar-refractivity contribution in [2.24, 2.45) is 0 Å². The molecule has 0 atom stereocenters. The molecule has 0 fully saturated rings. The normalized spacial score (nSPS) is 15.7. The first-order valence-electron chi connectivity index (χ1n) is 29.9. The Hall–Kier alpha value is -7.20. The molecule has 408 valence electrons. The van der Waals surface area contributed by atoms with E-state index < -0.39 is 0 Å². The van der Waals surface area contributed by atoms with Gasteiger partial charge in [-0.05, 0) is 114 Å². The van der Waals surface area contributed by atoms with Crippen LogP contribution in [0.5, 0.6) is 11.5 Å². The summed E-state index contributed by atoms with van der Waals surface area (Å²) < 4.78 is 44.7. The molecule has 2 aliphatic rings. The van der Waals surface area contributed by atoms with Gasteiger partial charge in [0.25, 0.3) is 0 Å². The molecule has 8 aromatic carbocycles. The fourth-order valence-corrected chi connectivity index (χ4v) is 11.9. The van der Waals surface area contributed by atoms with E-state index in [9.17, 15) is 2.74 Å². The van der Waals surface area contributed by atoms with Crippen LogP contribution >= 0.6 is 0 Å². The number of pyridine rings is 1. The SMILES string of the molecule is [2H]c1c([2H])c([2H])c2c(c1[2H])c1ccc(Oc3[c-]c(N4[CH-]N(c5c(-c6cccc(C(C)(C)C)c6)cccc5-c5ccc6c(c5)C(C)(C)CCC6(C)C)c5ccccc54)ccc3)[c-]c1n2-c1cc(C(C)(C)C)c(-c2ccc(C(C)(C)C)cc2)cn1.[Pt]. The van der Waals surface area contributed by atoms with Crippen molar-refractivity contribution in [3.63, 3.8) is 0 Å². The van der Waals surface area contributed by atoms with Crippen LogP contribution in [0.3, 0.4) is 0 Å². The van der Waals surface area contributed by atoms with Crippen LogP contribution in [-0.4, -0.2) is 9.55 Å². The minimum absolute atomic E-state index is 0. The molecule has 0 amide bonds. The summed E-state index contributed by atoms with van der Waals surface area (Å²) in [6.45, 7) is 31.7. The van der Waals surface area contributed by atoms with E-state index in [1.54, 1.807) is 6.07 Å². The summed E-state index contributed by atoms with van der Waals surface area (Å²) in [6, 6.07) is 58.0. The Bertz CT molecular complexity index is 4230. The zero-order chi connectivity index (χ0) is 58.9. The van der Waals surface area contributed by atoms with E-state index in [0.29, 0.717) is 39.1 Å². The first kappa shape index (κ1) is 49.8. The van der Waals surface area contributed by atoms with E-state index in [-0.39, 0.29) is 72.3 Å². The number of hydrogen-bond donors (Lipinski definition) is 0. The molecule has 0 N–H and O–H groups in total. The maximum absolute atomic E-state index is 9.33. The molecule has 1 aliphatic heterocycles. The van der Waals surface area contributed by atoms with Gasteiger partial charge in [-0.2, -0.15) is 12.1 Å². The van der Waals surface area contributed by atoms with Crippen molar-refractivity contribution >= 4 is 44.6 Å². The number of aromatic nitrogens is 2. The summed E-state index contributed by atoms with van der Waals surface area (Å²) in [7, 11) is 0. The summed E-state index contributed by atoms with van der Waals surface area (Å²) in [5.74, 6) is 1.36. The molecule has 0 bridgehead atoms. The smallest absolute Gasteiger partial charge is 0.135 e. The molecular formula is C74H73N4OPt-3. The van der Waals surface area contributed by atoms with Crippen molar-refractivity contribution in [1.29, 1.82) is 0 Å². The Morgan fingerprint density at radius 1 is 0.550 bits per heavy atom. The van der Waals surface area contributed by atoms with Gasteiger partial charge in [-0.15, -0.1) is 48.1 Å². The number of rotatable bonds is 8. The monoisotopic (exact) mass is 1230 g/mol. The third-order valence-corrected chi connectivity index (χ3v) is 16.6. The second kappa shape index (κ2) is 20.1. The fourth-order valence-electron chi connectivity index (χ4n) is 11.9. The Balaban J connectivity index is 0.00000736. The van der Waals surface area contributed by atoms with Crippen LogP contribution < -0.4 is 14.5 Å². The van der Waals surface area contributed by atoms with E-state index in [0.717, 1.165) is 69.0 Å². The van der Waals surface area contributed by atoms with Crippen molar-refractivity contribution in [2.75, 3.05) is 9.80 Å². The number of ether oxygens (including phenoxy) is 1. The molecule has 0 spiro atoms. The van der Waals surface area contributed by atoms with Gasteiger partial charge in [-0.3, -0.25) is 0 Å². The van der Waals surface area contributed by atoms with Gasteiger partial charge in [-0.25, -0.2) is 4.98 Å². The second-order valence-electron chi connectivity index (χ2n) is 26.2. The number of benzene rings is 8. The van der Waals surface area contributed by atoms with Gasteiger partial charge < -0.3 is 19.1 Å². The van der Waals surface area contributed by atoms with E-state index >= 15 is 0 Å². The number of fused-ring (bicyclic) bond motifs is 5. The number of para-hydroxylation sites is 4. The average molecular weight is 1230 g/mol. The van der Waals surface area contributed by atoms with Crippen molar-refractivity contribution in [3.8, 4) is 50.7 Å². The van der Waals surface area contributed by atoms with Gasteiger partial charge in [0.15, 0.2) is 0 Å².